The van der Waals surface area contributed by atoms with Crippen molar-refractivity contribution in [1.29, 1.82) is 0 Å². The lowest BCUT2D eigenvalue weighted by molar-refractivity contribution is -0.121. The second-order valence-corrected chi connectivity index (χ2v) is 8.01. The molecule has 0 aliphatic carbocycles. The molecule has 0 atom stereocenters. The Bertz CT molecular complexity index is 589. The van der Waals surface area contributed by atoms with E-state index in [-0.39, 0.29) is 47.4 Å². The Morgan fingerprint density at radius 2 is 1.62 bits per heavy atom. The van der Waals surface area contributed by atoms with Crippen LogP contribution in [0.15, 0.2) is 29.3 Å². The number of guanidine groups is 1. The van der Waals surface area contributed by atoms with Crippen LogP contribution in [0.5, 0.6) is 0 Å². The maximum atomic E-state index is 11.9. The van der Waals surface area contributed by atoms with Gasteiger partial charge in [-0.1, -0.05) is 45.0 Å². The van der Waals surface area contributed by atoms with Crippen LogP contribution in [0.1, 0.15) is 52.7 Å². The molecule has 6 heteroatoms. The fourth-order valence-corrected chi connectivity index (χ4v) is 2.45. The fourth-order valence-electron chi connectivity index (χ4n) is 2.45. The van der Waals surface area contributed by atoms with Crippen LogP contribution in [0.4, 0.5) is 0 Å². The molecule has 1 aromatic carbocycles. The van der Waals surface area contributed by atoms with Crippen LogP contribution in [0, 0.1) is 0 Å². The highest BCUT2D eigenvalue weighted by atomic mass is 127. The lowest BCUT2D eigenvalue weighted by atomic mass is 9.84. The monoisotopic (exact) mass is 474 g/mol. The minimum absolute atomic E-state index is 0. The lowest BCUT2D eigenvalue weighted by Crippen LogP contribution is -2.49. The molecule has 0 spiro atoms. The van der Waals surface area contributed by atoms with Gasteiger partial charge in [0.05, 0.1) is 6.54 Å². The van der Waals surface area contributed by atoms with Gasteiger partial charge in [0.2, 0.25) is 5.91 Å². The van der Waals surface area contributed by atoms with Crippen LogP contribution in [0.2, 0.25) is 0 Å². The fraction of sp³-hybridized carbons (Fsp3) is 0.600. The van der Waals surface area contributed by atoms with Crippen molar-refractivity contribution in [1.82, 2.24) is 16.0 Å². The molecule has 0 aliphatic heterocycles. The summed E-state index contributed by atoms with van der Waals surface area (Å²) in [6, 6.07) is 8.74. The van der Waals surface area contributed by atoms with E-state index in [1.54, 1.807) is 7.05 Å². The second kappa shape index (κ2) is 10.7. The highest BCUT2D eigenvalue weighted by molar-refractivity contribution is 14.0. The number of hydrogen-bond acceptors (Lipinski definition) is 2. The van der Waals surface area contributed by atoms with Crippen molar-refractivity contribution in [2.75, 3.05) is 20.1 Å². The van der Waals surface area contributed by atoms with Crippen molar-refractivity contribution in [3.8, 4) is 0 Å². The Hall–Kier alpha value is -1.31. The van der Waals surface area contributed by atoms with E-state index < -0.39 is 0 Å². The molecule has 0 radical (unpaired) electrons. The van der Waals surface area contributed by atoms with Crippen LogP contribution in [-0.2, 0) is 16.6 Å². The van der Waals surface area contributed by atoms with Crippen molar-refractivity contribution in [2.24, 2.45) is 4.99 Å². The molecule has 0 saturated heterocycles. The van der Waals surface area contributed by atoms with Crippen LogP contribution < -0.4 is 16.0 Å². The summed E-state index contributed by atoms with van der Waals surface area (Å²) in [5.74, 6) is 0.576. The first-order valence-electron chi connectivity index (χ1n) is 8.92. The summed E-state index contributed by atoms with van der Waals surface area (Å²) in [5.41, 5.74) is 2.34. The molecule has 0 aromatic heterocycles. The van der Waals surface area contributed by atoms with Gasteiger partial charge in [-0.15, -0.1) is 24.0 Å². The number of amides is 1. The van der Waals surface area contributed by atoms with E-state index in [4.69, 9.17) is 0 Å². The summed E-state index contributed by atoms with van der Waals surface area (Å²) in [6.45, 7) is 13.4. The smallest absolute Gasteiger partial charge is 0.239 e. The molecular formula is C20H35IN4O. The first-order valence-corrected chi connectivity index (χ1v) is 8.92. The second-order valence-electron chi connectivity index (χ2n) is 8.01. The van der Waals surface area contributed by atoms with Crippen molar-refractivity contribution >= 4 is 35.8 Å². The molecule has 3 N–H and O–H groups in total. The van der Waals surface area contributed by atoms with E-state index >= 15 is 0 Å². The van der Waals surface area contributed by atoms with Crippen molar-refractivity contribution in [3.05, 3.63) is 35.4 Å². The predicted octanol–water partition coefficient (Wildman–Crippen LogP) is 3.22. The van der Waals surface area contributed by atoms with Gasteiger partial charge in [0.1, 0.15) is 0 Å². The standard InChI is InChI=1S/C20H34N4O.HI/c1-8-15-9-11-16(12-10-15)20(5,6)14-23-18(21-7)22-13-17(25)24-19(2,3)4;/h9-12H,8,13-14H2,1-7H3,(H,24,25)(H2,21,22,23);1H. The molecule has 148 valence electrons. The Labute approximate surface area is 175 Å². The third-order valence-electron chi connectivity index (χ3n) is 4.00. The summed E-state index contributed by atoms with van der Waals surface area (Å²) >= 11 is 0. The highest BCUT2D eigenvalue weighted by Gasteiger charge is 2.21. The molecule has 0 unspecified atom stereocenters. The van der Waals surface area contributed by atoms with Crippen LogP contribution >= 0.6 is 24.0 Å². The Morgan fingerprint density at radius 3 is 2.08 bits per heavy atom. The molecule has 0 heterocycles. The molecule has 1 aromatic rings. The van der Waals surface area contributed by atoms with Gasteiger partial charge < -0.3 is 16.0 Å². The number of carbonyl (C=O) groups excluding carboxylic acids is 1. The van der Waals surface area contributed by atoms with Crippen LogP contribution in [-0.4, -0.2) is 37.5 Å². The zero-order valence-corrected chi connectivity index (χ0v) is 19.5. The van der Waals surface area contributed by atoms with Crippen molar-refractivity contribution in [3.63, 3.8) is 0 Å². The number of benzene rings is 1. The molecule has 0 fully saturated rings. The normalized spacial score (nSPS) is 12.2. The van der Waals surface area contributed by atoms with Gasteiger partial charge in [-0.2, -0.15) is 0 Å². The minimum atomic E-state index is -0.234. The number of rotatable bonds is 6. The molecule has 1 rings (SSSR count). The Kier molecular flexibility index (Phi) is 10.2. The lowest BCUT2D eigenvalue weighted by Gasteiger charge is -2.27. The molecule has 5 nitrogen and oxygen atoms in total. The third kappa shape index (κ3) is 8.87. The van der Waals surface area contributed by atoms with E-state index in [1.807, 2.05) is 20.8 Å². The van der Waals surface area contributed by atoms with Gasteiger partial charge >= 0.3 is 0 Å². The Morgan fingerprint density at radius 1 is 1.04 bits per heavy atom. The number of nitrogens with one attached hydrogen (secondary N) is 3. The average molecular weight is 474 g/mol. The SMILES string of the molecule is CCc1ccc(C(C)(C)CNC(=NC)NCC(=O)NC(C)(C)C)cc1.I. The summed E-state index contributed by atoms with van der Waals surface area (Å²) in [5, 5.41) is 9.30. The van der Waals surface area contributed by atoms with E-state index in [0.29, 0.717) is 5.96 Å². The third-order valence-corrected chi connectivity index (χ3v) is 4.00. The van der Waals surface area contributed by atoms with Gasteiger partial charge in [-0.25, -0.2) is 0 Å². The molecule has 0 aliphatic rings. The van der Waals surface area contributed by atoms with E-state index in [1.165, 1.54) is 11.1 Å². The van der Waals surface area contributed by atoms with Crippen molar-refractivity contribution < 1.29 is 4.79 Å². The predicted molar refractivity (Wildman–Crippen MR) is 122 cm³/mol. The Balaban J connectivity index is 0.00000625. The van der Waals surface area contributed by atoms with Crippen LogP contribution in [0.3, 0.4) is 0 Å². The quantitative estimate of drug-likeness (QED) is 0.337. The summed E-state index contributed by atoms with van der Waals surface area (Å²) in [4.78, 5) is 16.1. The van der Waals surface area contributed by atoms with Crippen molar-refractivity contribution in [2.45, 2.75) is 58.9 Å². The summed E-state index contributed by atoms with van der Waals surface area (Å²) in [7, 11) is 1.71. The number of aryl methyl sites for hydroxylation is 1. The van der Waals surface area contributed by atoms with E-state index in [2.05, 4.69) is 66.0 Å². The number of aliphatic imine (C=N–C) groups is 1. The number of halogens is 1. The van der Waals surface area contributed by atoms with Gasteiger partial charge in [0.15, 0.2) is 5.96 Å². The number of carbonyl (C=O) groups is 1. The number of nitrogens with zero attached hydrogens (tertiary/aromatic N) is 1. The topological polar surface area (TPSA) is 65.5 Å². The maximum Gasteiger partial charge on any atom is 0.239 e. The van der Waals surface area contributed by atoms with Gasteiger partial charge in [-0.05, 0) is 38.3 Å². The average Bonchev–Trinajstić information content (AvgIpc) is 2.53. The first kappa shape index (κ1) is 24.7. The largest absolute Gasteiger partial charge is 0.356 e. The molecule has 1 amide bonds. The summed E-state index contributed by atoms with van der Waals surface area (Å²) < 4.78 is 0. The van der Waals surface area contributed by atoms with E-state index in [0.717, 1.165) is 13.0 Å². The van der Waals surface area contributed by atoms with Gasteiger partial charge in [0, 0.05) is 24.5 Å². The summed E-state index contributed by atoms with van der Waals surface area (Å²) in [6.07, 6.45) is 1.05. The van der Waals surface area contributed by atoms with Crippen LogP contribution in [0.25, 0.3) is 0 Å². The van der Waals surface area contributed by atoms with Gasteiger partial charge in [-0.3, -0.25) is 9.79 Å². The zero-order valence-electron chi connectivity index (χ0n) is 17.2. The maximum absolute atomic E-state index is 11.9. The van der Waals surface area contributed by atoms with Gasteiger partial charge in [0.25, 0.3) is 0 Å². The minimum Gasteiger partial charge on any atom is -0.356 e. The molecule has 0 bridgehead atoms. The van der Waals surface area contributed by atoms with E-state index in [9.17, 15) is 4.79 Å². The number of hydrogen-bond donors (Lipinski definition) is 3. The molecule has 26 heavy (non-hydrogen) atoms. The molecular weight excluding hydrogens is 439 g/mol. The zero-order chi connectivity index (χ0) is 19.1. The highest BCUT2D eigenvalue weighted by Crippen LogP contribution is 2.22. The molecule has 0 saturated carbocycles. The first-order chi connectivity index (χ1) is 11.6.